The smallest absolute Gasteiger partial charge is 0.217 e. The first-order valence-corrected chi connectivity index (χ1v) is 7.91. The second-order valence-electron chi connectivity index (χ2n) is 5.68. The molecule has 0 unspecified atom stereocenters. The molecule has 1 amide bonds. The molecule has 1 heterocycles. The Morgan fingerprint density at radius 2 is 1.92 bits per heavy atom. The van der Waals surface area contributed by atoms with Gasteiger partial charge in [0.05, 0.1) is 0 Å². The molecule has 132 valence electrons. The fraction of sp³-hybridized carbons (Fsp3) is 0.167. The Hall–Kier alpha value is -3.42. The molecule has 2 aromatic carbocycles. The highest BCUT2D eigenvalue weighted by molar-refractivity contribution is 5.95. The summed E-state index contributed by atoms with van der Waals surface area (Å²) in [7, 11) is 0. The largest absolute Gasteiger partial charge is 0.352 e. The third-order valence-electron chi connectivity index (χ3n) is 3.64. The van der Waals surface area contributed by atoms with Crippen molar-refractivity contribution in [1.82, 2.24) is 25.5 Å². The van der Waals surface area contributed by atoms with E-state index in [2.05, 4.69) is 20.7 Å². The number of aromatic nitrogens is 4. The predicted octanol–water partition coefficient (Wildman–Crippen LogP) is 2.00. The van der Waals surface area contributed by atoms with E-state index >= 15 is 0 Å². The van der Waals surface area contributed by atoms with Crippen molar-refractivity contribution in [3.8, 4) is 11.4 Å². The maximum atomic E-state index is 13.3. The summed E-state index contributed by atoms with van der Waals surface area (Å²) < 4.78 is 13.3. The van der Waals surface area contributed by atoms with Gasteiger partial charge in [0.15, 0.2) is 5.78 Å². The number of hydrogen-bond donors (Lipinski definition) is 1. The van der Waals surface area contributed by atoms with E-state index in [1.165, 1.54) is 23.9 Å². The lowest BCUT2D eigenvalue weighted by Gasteiger charge is -2.04. The minimum absolute atomic E-state index is 0.0760. The molecule has 0 aliphatic rings. The zero-order valence-electron chi connectivity index (χ0n) is 14.0. The fourth-order valence-electron chi connectivity index (χ4n) is 2.31. The minimum atomic E-state index is -0.394. The van der Waals surface area contributed by atoms with E-state index in [1.54, 1.807) is 36.4 Å². The monoisotopic (exact) mass is 353 g/mol. The first kappa shape index (κ1) is 17.4. The van der Waals surface area contributed by atoms with Crippen molar-refractivity contribution in [2.45, 2.75) is 20.0 Å². The van der Waals surface area contributed by atoms with Crippen molar-refractivity contribution >= 4 is 11.7 Å². The van der Waals surface area contributed by atoms with E-state index in [4.69, 9.17) is 0 Å². The summed E-state index contributed by atoms with van der Waals surface area (Å²) in [6, 6.07) is 12.8. The molecule has 0 saturated heterocycles. The number of carbonyl (C=O) groups excluding carboxylic acids is 2. The molecule has 8 heteroatoms. The zero-order valence-corrected chi connectivity index (χ0v) is 14.0. The number of hydrogen-bond acceptors (Lipinski definition) is 5. The van der Waals surface area contributed by atoms with Crippen LogP contribution in [-0.2, 0) is 17.9 Å². The van der Waals surface area contributed by atoms with Gasteiger partial charge in [0, 0.05) is 24.6 Å². The van der Waals surface area contributed by atoms with Gasteiger partial charge >= 0.3 is 0 Å². The minimum Gasteiger partial charge on any atom is -0.352 e. The van der Waals surface area contributed by atoms with E-state index in [-0.39, 0.29) is 24.1 Å². The lowest BCUT2D eigenvalue weighted by atomic mass is 10.1. The van der Waals surface area contributed by atoms with Gasteiger partial charge in [0.25, 0.3) is 0 Å². The number of Topliss-reactive ketones (excluding diaryl/α,β-unsaturated/α-hetero) is 1. The normalized spacial score (nSPS) is 10.5. The number of rotatable bonds is 6. The van der Waals surface area contributed by atoms with Crippen molar-refractivity contribution in [2.24, 2.45) is 0 Å². The summed E-state index contributed by atoms with van der Waals surface area (Å²) in [5.41, 5.74) is 1.89. The van der Waals surface area contributed by atoms with Gasteiger partial charge in [0.1, 0.15) is 12.4 Å². The quantitative estimate of drug-likeness (QED) is 0.685. The van der Waals surface area contributed by atoms with E-state index in [1.807, 2.05) is 0 Å². The molecule has 0 aliphatic carbocycles. The van der Waals surface area contributed by atoms with Crippen molar-refractivity contribution in [3.63, 3.8) is 0 Å². The van der Waals surface area contributed by atoms with Crippen LogP contribution in [0.4, 0.5) is 4.39 Å². The average molecular weight is 353 g/mol. The summed E-state index contributed by atoms with van der Waals surface area (Å²) in [6.07, 6.45) is 0. The number of amides is 1. The Kier molecular flexibility index (Phi) is 5.12. The highest BCUT2D eigenvalue weighted by Gasteiger charge is 2.11. The molecule has 7 nitrogen and oxygen atoms in total. The van der Waals surface area contributed by atoms with Gasteiger partial charge in [-0.25, -0.2) is 4.39 Å². The lowest BCUT2D eigenvalue weighted by molar-refractivity contribution is -0.119. The van der Waals surface area contributed by atoms with Gasteiger partial charge in [-0.15, -0.1) is 10.2 Å². The van der Waals surface area contributed by atoms with Crippen molar-refractivity contribution in [1.29, 1.82) is 0 Å². The molecule has 0 aliphatic heterocycles. The number of benzene rings is 2. The second-order valence-corrected chi connectivity index (χ2v) is 5.68. The van der Waals surface area contributed by atoms with E-state index in [0.717, 1.165) is 5.56 Å². The van der Waals surface area contributed by atoms with Gasteiger partial charge in [-0.05, 0) is 22.9 Å². The summed E-state index contributed by atoms with van der Waals surface area (Å²) in [5, 5.41) is 14.5. The van der Waals surface area contributed by atoms with Crippen LogP contribution in [0.25, 0.3) is 11.4 Å². The Balaban J connectivity index is 1.66. The van der Waals surface area contributed by atoms with E-state index < -0.39 is 5.82 Å². The molecular weight excluding hydrogens is 337 g/mol. The van der Waals surface area contributed by atoms with Crippen LogP contribution in [0.3, 0.4) is 0 Å². The number of nitrogens with zero attached hydrogens (tertiary/aromatic N) is 4. The molecular formula is C18H16FN5O2. The predicted molar refractivity (Wildman–Crippen MR) is 91.5 cm³/mol. The molecule has 0 fully saturated rings. The van der Waals surface area contributed by atoms with E-state index in [9.17, 15) is 14.0 Å². The van der Waals surface area contributed by atoms with Gasteiger partial charge in [-0.2, -0.15) is 4.80 Å². The number of nitrogens with one attached hydrogen (secondary N) is 1. The van der Waals surface area contributed by atoms with Crippen LogP contribution in [0.15, 0.2) is 48.5 Å². The highest BCUT2D eigenvalue weighted by Crippen LogP contribution is 2.14. The van der Waals surface area contributed by atoms with Gasteiger partial charge in [-0.3, -0.25) is 9.59 Å². The molecule has 3 rings (SSSR count). The SMILES string of the molecule is CC(=O)NCc1ccc(C(=O)Cn2nnc(-c3cccc(F)c3)n2)cc1. The van der Waals surface area contributed by atoms with Gasteiger partial charge in [0.2, 0.25) is 11.7 Å². The zero-order chi connectivity index (χ0) is 18.5. The standard InChI is InChI=1S/C18H16FN5O2/c1-12(25)20-10-13-5-7-14(8-6-13)17(26)11-24-22-18(21-23-24)15-3-2-4-16(19)9-15/h2-9H,10-11H2,1H3,(H,20,25). The maximum absolute atomic E-state index is 13.3. The third kappa shape index (κ3) is 4.35. The molecule has 0 radical (unpaired) electrons. The maximum Gasteiger partial charge on any atom is 0.217 e. The van der Waals surface area contributed by atoms with E-state index in [0.29, 0.717) is 17.7 Å². The Morgan fingerprint density at radius 3 is 2.62 bits per heavy atom. The van der Waals surface area contributed by atoms with Gasteiger partial charge in [-0.1, -0.05) is 36.4 Å². The number of tetrazole rings is 1. The third-order valence-corrected chi connectivity index (χ3v) is 3.64. The number of ketones is 1. The highest BCUT2D eigenvalue weighted by atomic mass is 19.1. The van der Waals surface area contributed by atoms with Crippen molar-refractivity contribution in [2.75, 3.05) is 0 Å². The Labute approximate surface area is 148 Å². The fourth-order valence-corrected chi connectivity index (χ4v) is 2.31. The Bertz CT molecular complexity index is 937. The summed E-state index contributed by atoms with van der Waals surface area (Å²) >= 11 is 0. The second kappa shape index (κ2) is 7.64. The summed E-state index contributed by atoms with van der Waals surface area (Å²) in [6.45, 7) is 1.78. The van der Waals surface area contributed by atoms with Crippen LogP contribution in [0.5, 0.6) is 0 Å². The molecule has 1 N–H and O–H groups in total. The Morgan fingerprint density at radius 1 is 1.15 bits per heavy atom. The average Bonchev–Trinajstić information content (AvgIpc) is 3.09. The van der Waals surface area contributed by atoms with Crippen molar-refractivity contribution < 1.29 is 14.0 Å². The molecule has 3 aromatic rings. The topological polar surface area (TPSA) is 89.8 Å². The number of carbonyl (C=O) groups is 2. The first-order chi connectivity index (χ1) is 12.5. The summed E-state index contributed by atoms with van der Waals surface area (Å²) in [5.74, 6) is -0.437. The van der Waals surface area contributed by atoms with Crippen LogP contribution in [0.1, 0.15) is 22.8 Å². The molecule has 0 saturated carbocycles. The summed E-state index contributed by atoms with van der Waals surface area (Å²) in [4.78, 5) is 24.4. The van der Waals surface area contributed by atoms with Gasteiger partial charge < -0.3 is 5.32 Å². The molecule has 26 heavy (non-hydrogen) atoms. The molecule has 1 aromatic heterocycles. The number of halogens is 1. The molecule has 0 atom stereocenters. The lowest BCUT2D eigenvalue weighted by Crippen LogP contribution is -2.19. The molecule has 0 spiro atoms. The van der Waals surface area contributed by atoms with Crippen molar-refractivity contribution in [3.05, 3.63) is 65.5 Å². The molecule has 0 bridgehead atoms. The van der Waals surface area contributed by atoms with Crippen LogP contribution in [0.2, 0.25) is 0 Å². The van der Waals surface area contributed by atoms with Crippen LogP contribution in [-0.4, -0.2) is 31.9 Å². The van der Waals surface area contributed by atoms with Crippen LogP contribution in [0, 0.1) is 5.82 Å². The van der Waals surface area contributed by atoms with Crippen LogP contribution < -0.4 is 5.32 Å². The van der Waals surface area contributed by atoms with Crippen LogP contribution >= 0.6 is 0 Å². The first-order valence-electron chi connectivity index (χ1n) is 7.91.